The molecule has 0 saturated heterocycles. The van der Waals surface area contributed by atoms with Gasteiger partial charge in [-0.05, 0) is 12.2 Å². The van der Waals surface area contributed by atoms with Crippen LogP contribution in [0.5, 0.6) is 0 Å². The van der Waals surface area contributed by atoms with Gasteiger partial charge in [0.2, 0.25) is 0 Å². The zero-order chi connectivity index (χ0) is 7.82. The Hall–Kier alpha value is 0.310. The second-order valence-corrected chi connectivity index (χ2v) is 4.12. The summed E-state index contributed by atoms with van der Waals surface area (Å²) in [6, 6.07) is 0. The fourth-order valence-electron chi connectivity index (χ4n) is 0.689. The second-order valence-electron chi connectivity index (χ2n) is 2.57. The molecule has 0 aromatic heterocycles. The predicted molar refractivity (Wildman–Crippen MR) is 48.5 cm³/mol. The molecule has 0 aromatic carbocycles. The van der Waals surface area contributed by atoms with Gasteiger partial charge < -0.3 is 5.11 Å². The zero-order valence-electron chi connectivity index (χ0n) is 6.97. The maximum Gasteiger partial charge on any atom is 0.0547 e. The van der Waals surface area contributed by atoms with Gasteiger partial charge >= 0.3 is 0 Å². The van der Waals surface area contributed by atoms with E-state index >= 15 is 0 Å². The molecule has 1 nitrogen and oxygen atoms in total. The highest BCUT2D eigenvalue weighted by atomic mass is 32.2. The van der Waals surface area contributed by atoms with Crippen molar-refractivity contribution in [3.63, 3.8) is 0 Å². The van der Waals surface area contributed by atoms with Gasteiger partial charge in [-0.2, -0.15) is 11.8 Å². The van der Waals surface area contributed by atoms with Crippen LogP contribution in [-0.4, -0.2) is 22.7 Å². The van der Waals surface area contributed by atoms with E-state index in [4.69, 9.17) is 5.11 Å². The van der Waals surface area contributed by atoms with Crippen molar-refractivity contribution < 1.29 is 5.11 Å². The van der Waals surface area contributed by atoms with Gasteiger partial charge in [0.1, 0.15) is 0 Å². The van der Waals surface area contributed by atoms with Crippen LogP contribution < -0.4 is 0 Å². The number of aliphatic hydroxyl groups is 1. The van der Waals surface area contributed by atoms with Gasteiger partial charge in [-0.1, -0.05) is 26.7 Å². The fraction of sp³-hybridized carbons (Fsp3) is 1.00. The Kier molecular flexibility index (Phi) is 7.65. The van der Waals surface area contributed by atoms with Gasteiger partial charge in [0.15, 0.2) is 0 Å². The number of rotatable bonds is 6. The highest BCUT2D eigenvalue weighted by Crippen LogP contribution is 2.12. The Morgan fingerprint density at radius 1 is 1.40 bits per heavy atom. The first-order chi connectivity index (χ1) is 4.81. The first-order valence-electron chi connectivity index (χ1n) is 4.03. The molecule has 0 amide bonds. The molecule has 0 radical (unpaired) electrons. The molecule has 0 aliphatic heterocycles. The van der Waals surface area contributed by atoms with Gasteiger partial charge in [0.05, 0.1) is 6.61 Å². The summed E-state index contributed by atoms with van der Waals surface area (Å²) in [5.74, 6) is 1.20. The summed E-state index contributed by atoms with van der Waals surface area (Å²) in [5.41, 5.74) is 0. The molecular formula is C8H18OS. The second kappa shape index (κ2) is 7.42. The maximum absolute atomic E-state index is 8.67. The van der Waals surface area contributed by atoms with Crippen LogP contribution in [0.25, 0.3) is 0 Å². The Morgan fingerprint density at radius 2 is 2.10 bits per heavy atom. The molecular weight excluding hydrogens is 144 g/mol. The van der Waals surface area contributed by atoms with Gasteiger partial charge in [0, 0.05) is 5.25 Å². The largest absolute Gasteiger partial charge is 0.395 e. The van der Waals surface area contributed by atoms with Crippen molar-refractivity contribution in [2.45, 2.75) is 38.4 Å². The Morgan fingerprint density at radius 3 is 2.60 bits per heavy atom. The summed E-state index contributed by atoms with van der Waals surface area (Å²) >= 11 is 1.87. The van der Waals surface area contributed by atoms with Crippen molar-refractivity contribution in [1.29, 1.82) is 0 Å². The van der Waals surface area contributed by atoms with Crippen molar-refractivity contribution in [2.75, 3.05) is 12.4 Å². The molecule has 1 atom stereocenters. The highest BCUT2D eigenvalue weighted by molar-refractivity contribution is 7.99. The SMILES string of the molecule is CCCCCSC(C)CO. The van der Waals surface area contributed by atoms with Crippen LogP contribution in [0, 0.1) is 0 Å². The van der Waals surface area contributed by atoms with E-state index in [1.54, 1.807) is 0 Å². The third kappa shape index (κ3) is 6.43. The van der Waals surface area contributed by atoms with Gasteiger partial charge in [0.25, 0.3) is 0 Å². The van der Waals surface area contributed by atoms with E-state index in [2.05, 4.69) is 13.8 Å². The van der Waals surface area contributed by atoms with Gasteiger partial charge in [-0.3, -0.25) is 0 Å². The first kappa shape index (κ1) is 10.3. The van der Waals surface area contributed by atoms with E-state index in [9.17, 15) is 0 Å². The van der Waals surface area contributed by atoms with Crippen LogP contribution in [0.15, 0.2) is 0 Å². The lowest BCUT2D eigenvalue weighted by Crippen LogP contribution is -2.02. The van der Waals surface area contributed by atoms with Crippen LogP contribution in [-0.2, 0) is 0 Å². The molecule has 10 heavy (non-hydrogen) atoms. The minimum absolute atomic E-state index is 0.316. The summed E-state index contributed by atoms with van der Waals surface area (Å²) in [5, 5.41) is 9.10. The monoisotopic (exact) mass is 162 g/mol. The van der Waals surface area contributed by atoms with Crippen LogP contribution in [0.2, 0.25) is 0 Å². The van der Waals surface area contributed by atoms with Crippen LogP contribution >= 0.6 is 11.8 Å². The highest BCUT2D eigenvalue weighted by Gasteiger charge is 1.97. The molecule has 0 spiro atoms. The Labute approximate surface area is 68.2 Å². The lowest BCUT2D eigenvalue weighted by atomic mass is 10.3. The molecule has 0 saturated carbocycles. The number of aliphatic hydroxyl groups excluding tert-OH is 1. The topological polar surface area (TPSA) is 20.2 Å². The van der Waals surface area contributed by atoms with Gasteiger partial charge in [-0.25, -0.2) is 0 Å². The molecule has 1 unspecified atom stereocenters. The van der Waals surface area contributed by atoms with Gasteiger partial charge in [-0.15, -0.1) is 0 Å². The quantitative estimate of drug-likeness (QED) is 0.605. The summed E-state index contributed by atoms with van der Waals surface area (Å²) < 4.78 is 0. The summed E-state index contributed by atoms with van der Waals surface area (Å²) in [6.45, 7) is 4.59. The van der Waals surface area contributed by atoms with Crippen molar-refractivity contribution in [1.82, 2.24) is 0 Å². The normalized spacial score (nSPS) is 13.5. The number of hydrogen-bond acceptors (Lipinski definition) is 2. The summed E-state index contributed by atoms with van der Waals surface area (Å²) in [4.78, 5) is 0. The smallest absolute Gasteiger partial charge is 0.0547 e. The molecule has 0 aromatic rings. The van der Waals surface area contributed by atoms with Crippen LogP contribution in [0.4, 0.5) is 0 Å². The molecule has 0 bridgehead atoms. The number of unbranched alkanes of at least 4 members (excludes halogenated alkanes) is 2. The standard InChI is InChI=1S/C8H18OS/c1-3-4-5-6-10-8(2)7-9/h8-9H,3-7H2,1-2H3. The summed E-state index contributed by atoms with van der Waals surface area (Å²) in [7, 11) is 0. The van der Waals surface area contributed by atoms with Crippen LogP contribution in [0.3, 0.4) is 0 Å². The lowest BCUT2D eigenvalue weighted by Gasteiger charge is -2.05. The average Bonchev–Trinajstić information content (AvgIpc) is 1.98. The van der Waals surface area contributed by atoms with Crippen molar-refractivity contribution >= 4 is 11.8 Å². The van der Waals surface area contributed by atoms with E-state index < -0.39 is 0 Å². The molecule has 1 N–H and O–H groups in total. The van der Waals surface area contributed by atoms with E-state index in [1.165, 1.54) is 25.0 Å². The van der Waals surface area contributed by atoms with Crippen molar-refractivity contribution in [3.8, 4) is 0 Å². The maximum atomic E-state index is 8.67. The fourth-order valence-corrected chi connectivity index (χ4v) is 1.57. The third-order valence-corrected chi connectivity index (χ3v) is 2.65. The van der Waals surface area contributed by atoms with E-state index in [1.807, 2.05) is 11.8 Å². The van der Waals surface area contributed by atoms with E-state index in [0.717, 1.165) is 0 Å². The number of hydrogen-bond donors (Lipinski definition) is 1. The minimum atomic E-state index is 0.316. The Balaban J connectivity index is 2.89. The van der Waals surface area contributed by atoms with Crippen LogP contribution in [0.1, 0.15) is 33.1 Å². The molecule has 62 valence electrons. The number of thioether (sulfide) groups is 1. The predicted octanol–water partition coefficient (Wildman–Crippen LogP) is 2.29. The minimum Gasteiger partial charge on any atom is -0.395 e. The molecule has 2 heteroatoms. The molecule has 0 heterocycles. The first-order valence-corrected chi connectivity index (χ1v) is 5.08. The zero-order valence-corrected chi connectivity index (χ0v) is 7.78. The van der Waals surface area contributed by atoms with E-state index in [-0.39, 0.29) is 0 Å². The molecule has 0 aliphatic carbocycles. The van der Waals surface area contributed by atoms with Crippen molar-refractivity contribution in [3.05, 3.63) is 0 Å². The average molecular weight is 162 g/mol. The molecule has 0 aliphatic rings. The Bertz CT molecular complexity index is 66.3. The van der Waals surface area contributed by atoms with E-state index in [0.29, 0.717) is 11.9 Å². The molecule has 0 fully saturated rings. The lowest BCUT2D eigenvalue weighted by molar-refractivity contribution is 0.300. The van der Waals surface area contributed by atoms with Crippen molar-refractivity contribution in [2.24, 2.45) is 0 Å². The third-order valence-electron chi connectivity index (χ3n) is 1.41. The molecule has 0 rings (SSSR count). The summed E-state index contributed by atoms with van der Waals surface area (Å²) in [6.07, 6.45) is 3.91.